The molecule has 0 unspecified atom stereocenters. The number of halogens is 4. The summed E-state index contributed by atoms with van der Waals surface area (Å²) in [6.45, 7) is 1.83. The van der Waals surface area contributed by atoms with Crippen molar-refractivity contribution in [1.29, 1.82) is 0 Å². The second-order valence-electron chi connectivity index (χ2n) is 7.27. The maximum atomic E-state index is 12.7. The van der Waals surface area contributed by atoms with Crippen LogP contribution in [0.25, 0.3) is 11.3 Å². The second kappa shape index (κ2) is 7.64. The number of rotatable bonds is 4. The monoisotopic (exact) mass is 399 g/mol. The molecule has 0 atom stereocenters. The Labute approximate surface area is 160 Å². The molecule has 8 heteroatoms. The highest BCUT2D eigenvalue weighted by atomic mass is 35.5. The zero-order valence-corrected chi connectivity index (χ0v) is 15.6. The Morgan fingerprint density at radius 3 is 2.67 bits per heavy atom. The van der Waals surface area contributed by atoms with E-state index in [4.69, 9.17) is 11.6 Å². The predicted molar refractivity (Wildman–Crippen MR) is 98.7 cm³/mol. The molecule has 1 saturated carbocycles. The fraction of sp³-hybridized carbons (Fsp3) is 0.474. The van der Waals surface area contributed by atoms with Crippen molar-refractivity contribution in [2.24, 2.45) is 0 Å². The van der Waals surface area contributed by atoms with E-state index in [1.165, 1.54) is 12.3 Å². The molecule has 2 aromatic heterocycles. The van der Waals surface area contributed by atoms with Gasteiger partial charge in [-0.3, -0.25) is 4.98 Å². The van der Waals surface area contributed by atoms with Crippen molar-refractivity contribution < 1.29 is 18.3 Å². The van der Waals surface area contributed by atoms with Crippen molar-refractivity contribution in [3.63, 3.8) is 0 Å². The van der Waals surface area contributed by atoms with Crippen LogP contribution in [0, 0.1) is 0 Å². The van der Waals surface area contributed by atoms with E-state index < -0.39 is 18.2 Å². The largest absolute Gasteiger partial charge is 0.394 e. The van der Waals surface area contributed by atoms with E-state index in [2.05, 4.69) is 15.3 Å². The fourth-order valence-corrected chi connectivity index (χ4v) is 3.45. The summed E-state index contributed by atoms with van der Waals surface area (Å²) in [5.74, 6) is 0. The van der Waals surface area contributed by atoms with Gasteiger partial charge in [-0.1, -0.05) is 17.7 Å². The molecule has 0 spiro atoms. The van der Waals surface area contributed by atoms with Gasteiger partial charge in [0.2, 0.25) is 0 Å². The van der Waals surface area contributed by atoms with Gasteiger partial charge in [-0.05, 0) is 50.8 Å². The van der Waals surface area contributed by atoms with E-state index in [0.717, 1.165) is 12.8 Å². The lowest BCUT2D eigenvalue weighted by atomic mass is 9.83. The third kappa shape index (κ3) is 5.56. The van der Waals surface area contributed by atoms with Crippen molar-refractivity contribution in [3.8, 4) is 11.3 Å². The lowest BCUT2D eigenvalue weighted by molar-refractivity contribution is -0.127. The average molecular weight is 400 g/mol. The SMILES string of the molecule is CC1(O)CCC(Nc2cc(Cl)ncc2-c2cccc(CC(F)(F)F)n2)CC1. The Balaban J connectivity index is 1.85. The van der Waals surface area contributed by atoms with Crippen molar-refractivity contribution in [1.82, 2.24) is 9.97 Å². The number of anilines is 1. The summed E-state index contributed by atoms with van der Waals surface area (Å²) in [5.41, 5.74) is 0.990. The van der Waals surface area contributed by atoms with Crippen molar-refractivity contribution >= 4 is 17.3 Å². The van der Waals surface area contributed by atoms with E-state index in [9.17, 15) is 18.3 Å². The van der Waals surface area contributed by atoms with Crippen LogP contribution in [0.15, 0.2) is 30.5 Å². The first-order chi connectivity index (χ1) is 12.6. The molecule has 1 aliphatic carbocycles. The number of nitrogens with zero attached hydrogens (tertiary/aromatic N) is 2. The molecule has 1 aliphatic rings. The van der Waals surface area contributed by atoms with Gasteiger partial charge < -0.3 is 10.4 Å². The molecule has 0 aliphatic heterocycles. The number of alkyl halides is 3. The molecule has 2 heterocycles. The molecule has 146 valence electrons. The molecule has 27 heavy (non-hydrogen) atoms. The Morgan fingerprint density at radius 2 is 2.00 bits per heavy atom. The molecular weight excluding hydrogens is 379 g/mol. The molecule has 2 aromatic rings. The average Bonchev–Trinajstić information content (AvgIpc) is 2.56. The molecule has 0 aromatic carbocycles. The molecular formula is C19H21ClF3N3O. The van der Waals surface area contributed by atoms with Crippen LogP contribution in [0.1, 0.15) is 38.3 Å². The Bertz CT molecular complexity index is 801. The van der Waals surface area contributed by atoms with Crippen LogP contribution in [0.4, 0.5) is 18.9 Å². The van der Waals surface area contributed by atoms with Crippen LogP contribution in [-0.4, -0.2) is 32.9 Å². The second-order valence-corrected chi connectivity index (χ2v) is 7.66. The third-order valence-corrected chi connectivity index (χ3v) is 4.96. The standard InChI is InChI=1S/C19H21ClF3N3O/c1-18(27)7-5-12(6-8-18)25-16-9-17(20)24-11-14(16)15-4-2-3-13(26-15)10-19(21,22)23/h2-4,9,11-12,27H,5-8,10H2,1H3,(H,24,25). The molecule has 0 amide bonds. The zero-order chi connectivity index (χ0) is 19.7. The number of pyridine rings is 2. The minimum atomic E-state index is -4.32. The lowest BCUT2D eigenvalue weighted by Gasteiger charge is -2.34. The van der Waals surface area contributed by atoms with Crippen LogP contribution in [0.3, 0.4) is 0 Å². The molecule has 1 fully saturated rings. The minimum absolute atomic E-state index is 0.0467. The first-order valence-corrected chi connectivity index (χ1v) is 9.17. The van der Waals surface area contributed by atoms with Crippen molar-refractivity contribution in [2.45, 2.75) is 56.8 Å². The maximum absolute atomic E-state index is 12.7. The number of hydrogen-bond donors (Lipinski definition) is 2. The highest BCUT2D eigenvalue weighted by molar-refractivity contribution is 6.29. The van der Waals surface area contributed by atoms with Crippen LogP contribution in [-0.2, 0) is 6.42 Å². The smallest absolute Gasteiger partial charge is 0.390 e. The summed E-state index contributed by atoms with van der Waals surface area (Å²) in [6.07, 6.45) is -0.951. The molecule has 0 saturated heterocycles. The van der Waals surface area contributed by atoms with Crippen LogP contribution >= 0.6 is 11.6 Å². The summed E-state index contributed by atoms with van der Waals surface area (Å²) in [6, 6.07) is 6.36. The number of aliphatic hydroxyl groups is 1. The van der Waals surface area contributed by atoms with Gasteiger partial charge in [-0.15, -0.1) is 0 Å². The molecule has 2 N–H and O–H groups in total. The van der Waals surface area contributed by atoms with Gasteiger partial charge in [-0.25, -0.2) is 4.98 Å². The molecule has 3 rings (SSSR count). The van der Waals surface area contributed by atoms with Crippen molar-refractivity contribution in [2.75, 3.05) is 5.32 Å². The Morgan fingerprint density at radius 1 is 1.30 bits per heavy atom. The van der Waals surface area contributed by atoms with Crippen molar-refractivity contribution in [3.05, 3.63) is 41.3 Å². The molecule has 4 nitrogen and oxygen atoms in total. The summed E-state index contributed by atoms with van der Waals surface area (Å²) in [5, 5.41) is 13.8. The lowest BCUT2D eigenvalue weighted by Crippen LogP contribution is -2.35. The van der Waals surface area contributed by atoms with Gasteiger partial charge in [0.15, 0.2) is 0 Å². The van der Waals surface area contributed by atoms with E-state index in [-0.39, 0.29) is 16.9 Å². The van der Waals surface area contributed by atoms with E-state index in [1.807, 2.05) is 6.92 Å². The maximum Gasteiger partial charge on any atom is 0.394 e. The van der Waals surface area contributed by atoms with E-state index in [1.54, 1.807) is 18.2 Å². The van der Waals surface area contributed by atoms with Gasteiger partial charge in [0, 0.05) is 23.5 Å². The molecule has 0 bridgehead atoms. The number of hydrogen-bond acceptors (Lipinski definition) is 4. The summed E-state index contributed by atoms with van der Waals surface area (Å²) in [4.78, 5) is 8.21. The first-order valence-electron chi connectivity index (χ1n) is 8.79. The fourth-order valence-electron chi connectivity index (χ4n) is 3.29. The van der Waals surface area contributed by atoms with Crippen LogP contribution in [0.5, 0.6) is 0 Å². The van der Waals surface area contributed by atoms with Gasteiger partial charge >= 0.3 is 6.18 Å². The molecule has 0 radical (unpaired) electrons. The van der Waals surface area contributed by atoms with Gasteiger partial charge in [0.05, 0.1) is 23.4 Å². The van der Waals surface area contributed by atoms with Gasteiger partial charge in [0.1, 0.15) is 5.15 Å². The van der Waals surface area contributed by atoms with Gasteiger partial charge in [0.25, 0.3) is 0 Å². The highest BCUT2D eigenvalue weighted by Crippen LogP contribution is 2.34. The van der Waals surface area contributed by atoms with Crippen LogP contribution < -0.4 is 5.32 Å². The van der Waals surface area contributed by atoms with E-state index in [0.29, 0.717) is 29.8 Å². The Kier molecular flexibility index (Phi) is 5.63. The number of aromatic nitrogens is 2. The summed E-state index contributed by atoms with van der Waals surface area (Å²) < 4.78 is 38.0. The minimum Gasteiger partial charge on any atom is -0.390 e. The third-order valence-electron chi connectivity index (χ3n) is 4.76. The predicted octanol–water partition coefficient (Wildman–Crippen LogP) is 5.01. The van der Waals surface area contributed by atoms with Gasteiger partial charge in [-0.2, -0.15) is 13.2 Å². The van der Waals surface area contributed by atoms with Crippen LogP contribution in [0.2, 0.25) is 5.15 Å². The van der Waals surface area contributed by atoms with E-state index >= 15 is 0 Å². The highest BCUT2D eigenvalue weighted by Gasteiger charge is 2.30. The number of nitrogens with one attached hydrogen (secondary N) is 1. The summed E-state index contributed by atoms with van der Waals surface area (Å²) in [7, 11) is 0. The first kappa shape index (κ1) is 19.9. The zero-order valence-electron chi connectivity index (χ0n) is 14.9. The Hall–Kier alpha value is -1.86. The summed E-state index contributed by atoms with van der Waals surface area (Å²) >= 11 is 6.03. The quantitative estimate of drug-likeness (QED) is 0.710. The topological polar surface area (TPSA) is 58.0 Å². The normalized spacial score (nSPS) is 23.3.